The number of ether oxygens (including phenoxy) is 1. The normalized spacial score (nSPS) is 18.3. The molecule has 2 atom stereocenters. The first kappa shape index (κ1) is 14.4. The summed E-state index contributed by atoms with van der Waals surface area (Å²) in [5, 5.41) is 9.75. The second kappa shape index (κ2) is 6.08. The van der Waals surface area contributed by atoms with Crippen molar-refractivity contribution in [2.45, 2.75) is 29.6 Å². The zero-order valence-electron chi connectivity index (χ0n) is 11.8. The summed E-state index contributed by atoms with van der Waals surface area (Å²) < 4.78 is 19.5. The Kier molecular flexibility index (Phi) is 4.17. The molecule has 3 rings (SSSR count). The van der Waals surface area contributed by atoms with Crippen molar-refractivity contribution >= 4 is 11.8 Å². The van der Waals surface area contributed by atoms with E-state index in [0.29, 0.717) is 17.4 Å². The summed E-state index contributed by atoms with van der Waals surface area (Å²) in [5.41, 5.74) is 1.89. The minimum atomic E-state index is -0.673. The summed E-state index contributed by atoms with van der Waals surface area (Å²) in [6.07, 6.45) is 0.280. The van der Waals surface area contributed by atoms with E-state index in [1.807, 2.05) is 12.1 Å². The van der Waals surface area contributed by atoms with Gasteiger partial charge in [-0.2, -0.15) is 0 Å². The van der Waals surface area contributed by atoms with E-state index in [4.69, 9.17) is 4.74 Å². The van der Waals surface area contributed by atoms with Crippen molar-refractivity contribution in [1.82, 2.24) is 0 Å². The van der Waals surface area contributed by atoms with Crippen LogP contribution in [-0.4, -0.2) is 17.0 Å². The van der Waals surface area contributed by atoms with E-state index < -0.39 is 11.9 Å². The van der Waals surface area contributed by atoms with Crippen LogP contribution in [0.2, 0.25) is 0 Å². The summed E-state index contributed by atoms with van der Waals surface area (Å²) in [7, 11) is 0. The number of hydrogen-bond donors (Lipinski definition) is 1. The first-order valence-corrected chi connectivity index (χ1v) is 7.86. The third kappa shape index (κ3) is 3.22. The maximum atomic E-state index is 13.9. The maximum absolute atomic E-state index is 13.9. The van der Waals surface area contributed by atoms with Crippen molar-refractivity contribution in [2.24, 2.45) is 0 Å². The van der Waals surface area contributed by atoms with E-state index in [0.717, 1.165) is 6.42 Å². The molecular formula is C17H17FO2S. The monoisotopic (exact) mass is 304 g/mol. The van der Waals surface area contributed by atoms with Crippen molar-refractivity contribution < 1.29 is 14.2 Å². The Hall–Kier alpha value is -1.52. The molecule has 0 bridgehead atoms. The fourth-order valence-corrected chi connectivity index (χ4v) is 3.64. The second-order valence-corrected chi connectivity index (χ2v) is 6.57. The lowest BCUT2D eigenvalue weighted by molar-refractivity contribution is 0.198. The van der Waals surface area contributed by atoms with E-state index in [1.54, 1.807) is 30.8 Å². The summed E-state index contributed by atoms with van der Waals surface area (Å²) in [6, 6.07) is 12.9. The molecule has 1 N–H and O–H groups in total. The van der Waals surface area contributed by atoms with Crippen LogP contribution in [0.4, 0.5) is 4.39 Å². The Morgan fingerprint density at radius 1 is 1.33 bits per heavy atom. The number of aliphatic hydroxyl groups excluding tert-OH is 1. The van der Waals surface area contributed by atoms with Crippen LogP contribution < -0.4 is 4.74 Å². The standard InChI is InChI=1S/C17H17FO2S/c1-11(19)12-6-7-16(15(18)9-12)20-10-14-8-13-4-2-3-5-17(13)21-14/h2-7,9,11,14,19H,8,10H2,1H3/t11-,14?/m1/s1. The highest BCUT2D eigenvalue weighted by Gasteiger charge is 2.22. The Labute approximate surface area is 128 Å². The van der Waals surface area contributed by atoms with E-state index in [1.165, 1.54) is 16.5 Å². The largest absolute Gasteiger partial charge is 0.489 e. The Balaban J connectivity index is 1.62. The van der Waals surface area contributed by atoms with Gasteiger partial charge in [0.1, 0.15) is 6.61 Å². The Morgan fingerprint density at radius 2 is 2.14 bits per heavy atom. The second-order valence-electron chi connectivity index (χ2n) is 5.23. The van der Waals surface area contributed by atoms with Crippen molar-refractivity contribution in [2.75, 3.05) is 6.61 Å². The number of halogens is 1. The predicted molar refractivity (Wildman–Crippen MR) is 82.3 cm³/mol. The van der Waals surface area contributed by atoms with Gasteiger partial charge >= 0.3 is 0 Å². The number of rotatable bonds is 4. The lowest BCUT2D eigenvalue weighted by atomic mass is 10.1. The summed E-state index contributed by atoms with van der Waals surface area (Å²) in [4.78, 5) is 1.29. The molecule has 2 aromatic carbocycles. The molecule has 0 saturated heterocycles. The number of fused-ring (bicyclic) bond motifs is 1. The lowest BCUT2D eigenvalue weighted by Crippen LogP contribution is -2.14. The van der Waals surface area contributed by atoms with Gasteiger partial charge in [0, 0.05) is 10.1 Å². The van der Waals surface area contributed by atoms with Crippen molar-refractivity contribution in [3.8, 4) is 5.75 Å². The van der Waals surface area contributed by atoms with Gasteiger partial charge in [-0.3, -0.25) is 0 Å². The molecule has 1 aliphatic rings. The number of aliphatic hydroxyl groups is 1. The highest BCUT2D eigenvalue weighted by atomic mass is 32.2. The van der Waals surface area contributed by atoms with E-state index in [-0.39, 0.29) is 5.75 Å². The van der Waals surface area contributed by atoms with E-state index in [2.05, 4.69) is 12.1 Å². The molecule has 0 fully saturated rings. The lowest BCUT2D eigenvalue weighted by Gasteiger charge is -2.13. The van der Waals surface area contributed by atoms with Crippen molar-refractivity contribution in [1.29, 1.82) is 0 Å². The van der Waals surface area contributed by atoms with E-state index in [9.17, 15) is 9.50 Å². The van der Waals surface area contributed by atoms with Gasteiger partial charge in [0.05, 0.1) is 6.10 Å². The highest BCUT2D eigenvalue weighted by molar-refractivity contribution is 8.00. The molecule has 0 saturated carbocycles. The third-order valence-electron chi connectivity index (χ3n) is 3.58. The molecule has 2 nitrogen and oxygen atoms in total. The highest BCUT2D eigenvalue weighted by Crippen LogP contribution is 2.37. The predicted octanol–water partition coefficient (Wildman–Crippen LogP) is 3.97. The average molecular weight is 304 g/mol. The van der Waals surface area contributed by atoms with Crippen molar-refractivity contribution in [3.63, 3.8) is 0 Å². The van der Waals surface area contributed by atoms with Crippen LogP contribution in [0.25, 0.3) is 0 Å². The van der Waals surface area contributed by atoms with Gasteiger partial charge in [0.15, 0.2) is 11.6 Å². The van der Waals surface area contributed by atoms with Gasteiger partial charge in [-0.15, -0.1) is 11.8 Å². The molecule has 0 aliphatic carbocycles. The topological polar surface area (TPSA) is 29.5 Å². The maximum Gasteiger partial charge on any atom is 0.165 e. The van der Waals surface area contributed by atoms with Gasteiger partial charge in [-0.05, 0) is 42.7 Å². The molecule has 0 spiro atoms. The van der Waals surface area contributed by atoms with Crippen LogP contribution in [-0.2, 0) is 6.42 Å². The third-order valence-corrected chi connectivity index (χ3v) is 4.87. The number of hydrogen-bond acceptors (Lipinski definition) is 3. The molecule has 1 aliphatic heterocycles. The minimum Gasteiger partial charge on any atom is -0.489 e. The zero-order valence-corrected chi connectivity index (χ0v) is 12.6. The molecule has 110 valence electrons. The first-order valence-electron chi connectivity index (χ1n) is 6.98. The quantitative estimate of drug-likeness (QED) is 0.926. The summed E-state index contributed by atoms with van der Waals surface area (Å²) in [6.45, 7) is 2.09. The molecule has 21 heavy (non-hydrogen) atoms. The average Bonchev–Trinajstić information content (AvgIpc) is 2.88. The number of thioether (sulfide) groups is 1. The zero-order chi connectivity index (χ0) is 14.8. The fraction of sp³-hybridized carbons (Fsp3) is 0.294. The van der Waals surface area contributed by atoms with Crippen LogP contribution in [0.3, 0.4) is 0 Å². The van der Waals surface area contributed by atoms with Gasteiger partial charge in [-0.25, -0.2) is 4.39 Å². The molecule has 1 heterocycles. The Bertz CT molecular complexity index is 617. The van der Waals surface area contributed by atoms with Gasteiger partial charge in [-0.1, -0.05) is 24.3 Å². The fourth-order valence-electron chi connectivity index (χ4n) is 2.42. The smallest absolute Gasteiger partial charge is 0.165 e. The molecular weight excluding hydrogens is 287 g/mol. The molecule has 0 aromatic heterocycles. The molecule has 0 amide bonds. The van der Waals surface area contributed by atoms with E-state index >= 15 is 0 Å². The molecule has 1 unspecified atom stereocenters. The SMILES string of the molecule is C[C@@H](O)c1ccc(OCC2Cc3ccccc3S2)c(F)c1. The van der Waals surface area contributed by atoms with Crippen LogP contribution in [0, 0.1) is 5.82 Å². The number of benzene rings is 2. The molecule has 2 aromatic rings. The molecule has 4 heteroatoms. The van der Waals surface area contributed by atoms with Crippen LogP contribution in [0.1, 0.15) is 24.2 Å². The van der Waals surface area contributed by atoms with Gasteiger partial charge < -0.3 is 9.84 Å². The summed E-state index contributed by atoms with van der Waals surface area (Å²) >= 11 is 1.78. The van der Waals surface area contributed by atoms with Crippen LogP contribution >= 0.6 is 11.8 Å². The van der Waals surface area contributed by atoms with Gasteiger partial charge in [0.2, 0.25) is 0 Å². The Morgan fingerprint density at radius 3 is 2.86 bits per heavy atom. The van der Waals surface area contributed by atoms with Crippen LogP contribution in [0.15, 0.2) is 47.4 Å². The van der Waals surface area contributed by atoms with Gasteiger partial charge in [0.25, 0.3) is 0 Å². The van der Waals surface area contributed by atoms with Crippen molar-refractivity contribution in [3.05, 3.63) is 59.4 Å². The summed E-state index contributed by atoms with van der Waals surface area (Å²) in [5.74, 6) is -0.176. The first-order chi connectivity index (χ1) is 10.1. The van der Waals surface area contributed by atoms with Crippen LogP contribution in [0.5, 0.6) is 5.75 Å². The molecule has 0 radical (unpaired) electrons. The minimum absolute atomic E-state index is 0.246.